The first-order valence-electron chi connectivity index (χ1n) is 6.41. The van der Waals surface area contributed by atoms with Gasteiger partial charge in [-0.15, -0.1) is 0 Å². The average Bonchev–Trinajstić information content (AvgIpc) is 2.47. The number of hydrogen-bond donors (Lipinski definition) is 0. The zero-order chi connectivity index (χ0) is 14.5. The first kappa shape index (κ1) is 14.1. The summed E-state index contributed by atoms with van der Waals surface area (Å²) >= 11 is 0. The van der Waals surface area contributed by atoms with E-state index in [9.17, 15) is 9.59 Å². The van der Waals surface area contributed by atoms with Crippen LogP contribution in [-0.4, -0.2) is 24.3 Å². The normalized spacial score (nSPS) is 10.5. The molecule has 0 unspecified atom stereocenters. The summed E-state index contributed by atoms with van der Waals surface area (Å²) < 4.78 is 11.7. The van der Waals surface area contributed by atoms with Crippen molar-refractivity contribution >= 4 is 16.9 Å². The quantitative estimate of drug-likeness (QED) is 0.617. The van der Waals surface area contributed by atoms with E-state index in [1.54, 1.807) is 17.7 Å². The van der Waals surface area contributed by atoms with Gasteiger partial charge in [0.2, 0.25) is 0 Å². The highest BCUT2D eigenvalue weighted by Gasteiger charge is 2.03. The molecule has 0 aliphatic carbocycles. The largest absolute Gasteiger partial charge is 0.494 e. The second-order valence-corrected chi connectivity index (χ2v) is 4.48. The summed E-state index contributed by atoms with van der Waals surface area (Å²) in [6.45, 7) is 0.451. The molecule has 0 bridgehead atoms. The van der Waals surface area contributed by atoms with E-state index in [2.05, 4.69) is 4.74 Å². The number of fused-ring (bicyclic) bond motifs is 1. The fourth-order valence-corrected chi connectivity index (χ4v) is 1.96. The maximum atomic E-state index is 11.5. The highest BCUT2D eigenvalue weighted by molar-refractivity contribution is 5.80. The van der Waals surface area contributed by atoms with Crippen molar-refractivity contribution in [3.05, 3.63) is 40.7 Å². The van der Waals surface area contributed by atoms with Crippen LogP contribution in [0.25, 0.3) is 10.9 Å². The van der Waals surface area contributed by atoms with Gasteiger partial charge in [-0.2, -0.15) is 0 Å². The SMILES string of the molecule is COC(=O)CCCOc1ccc2c(ccc(=O)n2C)c1. The Labute approximate surface area is 116 Å². The van der Waals surface area contributed by atoms with Gasteiger partial charge in [0.25, 0.3) is 5.56 Å². The minimum atomic E-state index is -0.234. The van der Waals surface area contributed by atoms with Crippen LogP contribution >= 0.6 is 0 Å². The first-order chi connectivity index (χ1) is 9.61. The molecule has 0 radical (unpaired) electrons. The van der Waals surface area contributed by atoms with Gasteiger partial charge < -0.3 is 14.0 Å². The van der Waals surface area contributed by atoms with E-state index in [-0.39, 0.29) is 11.5 Å². The van der Waals surface area contributed by atoms with Crippen molar-refractivity contribution in [3.63, 3.8) is 0 Å². The first-order valence-corrected chi connectivity index (χ1v) is 6.41. The van der Waals surface area contributed by atoms with E-state index in [0.717, 1.165) is 16.7 Å². The molecule has 0 amide bonds. The average molecular weight is 275 g/mol. The number of aryl methyl sites for hydroxylation is 1. The molecule has 1 aromatic heterocycles. The van der Waals surface area contributed by atoms with Crippen LogP contribution in [0, 0.1) is 0 Å². The minimum absolute atomic E-state index is 0.0377. The summed E-state index contributed by atoms with van der Waals surface area (Å²) in [4.78, 5) is 22.5. The molecule has 0 aliphatic rings. The van der Waals surface area contributed by atoms with E-state index >= 15 is 0 Å². The summed E-state index contributed by atoms with van der Waals surface area (Å²) in [6.07, 6.45) is 0.955. The molecule has 1 aromatic carbocycles. The van der Waals surface area contributed by atoms with E-state index in [0.29, 0.717) is 19.4 Å². The molecular weight excluding hydrogens is 258 g/mol. The van der Waals surface area contributed by atoms with Gasteiger partial charge in [0, 0.05) is 24.9 Å². The zero-order valence-electron chi connectivity index (χ0n) is 11.6. The predicted octanol–water partition coefficient (Wildman–Crippen LogP) is 1.87. The van der Waals surface area contributed by atoms with E-state index in [1.807, 2.05) is 18.2 Å². The summed E-state index contributed by atoms with van der Waals surface area (Å²) in [6, 6.07) is 8.86. The summed E-state index contributed by atoms with van der Waals surface area (Å²) in [5.41, 5.74) is 0.823. The lowest BCUT2D eigenvalue weighted by atomic mass is 10.2. The third kappa shape index (κ3) is 3.17. The Balaban J connectivity index is 2.04. The molecule has 2 rings (SSSR count). The van der Waals surface area contributed by atoms with Gasteiger partial charge in [-0.05, 0) is 30.7 Å². The number of carbonyl (C=O) groups is 1. The lowest BCUT2D eigenvalue weighted by Gasteiger charge is -2.08. The van der Waals surface area contributed by atoms with E-state index < -0.39 is 0 Å². The van der Waals surface area contributed by atoms with Crippen molar-refractivity contribution in [3.8, 4) is 5.75 Å². The van der Waals surface area contributed by atoms with Gasteiger partial charge in [0.1, 0.15) is 5.75 Å². The van der Waals surface area contributed by atoms with Crippen molar-refractivity contribution in [2.45, 2.75) is 12.8 Å². The van der Waals surface area contributed by atoms with Crippen LogP contribution in [0.4, 0.5) is 0 Å². The molecule has 106 valence electrons. The highest BCUT2D eigenvalue weighted by Crippen LogP contribution is 2.19. The number of ether oxygens (including phenoxy) is 2. The lowest BCUT2D eigenvalue weighted by Crippen LogP contribution is -2.14. The molecule has 0 spiro atoms. The summed E-state index contributed by atoms with van der Waals surface area (Å²) in [5, 5.41) is 0.942. The molecule has 1 heterocycles. The zero-order valence-corrected chi connectivity index (χ0v) is 11.6. The number of carbonyl (C=O) groups excluding carboxylic acids is 1. The number of methoxy groups -OCH3 is 1. The molecule has 5 heteroatoms. The lowest BCUT2D eigenvalue weighted by molar-refractivity contribution is -0.140. The van der Waals surface area contributed by atoms with Crippen molar-refractivity contribution in [1.29, 1.82) is 0 Å². The number of esters is 1. The van der Waals surface area contributed by atoms with Crippen LogP contribution in [0.3, 0.4) is 0 Å². The Hall–Kier alpha value is -2.30. The van der Waals surface area contributed by atoms with Crippen molar-refractivity contribution in [2.24, 2.45) is 7.05 Å². The van der Waals surface area contributed by atoms with Gasteiger partial charge >= 0.3 is 5.97 Å². The smallest absolute Gasteiger partial charge is 0.305 e. The molecule has 5 nitrogen and oxygen atoms in total. The summed E-state index contributed by atoms with van der Waals surface area (Å²) in [7, 11) is 3.11. The van der Waals surface area contributed by atoms with E-state index in [1.165, 1.54) is 13.2 Å². The number of rotatable bonds is 5. The monoisotopic (exact) mass is 275 g/mol. The van der Waals surface area contributed by atoms with Gasteiger partial charge in [0.15, 0.2) is 0 Å². The van der Waals surface area contributed by atoms with Crippen molar-refractivity contribution in [2.75, 3.05) is 13.7 Å². The molecule has 0 aliphatic heterocycles. The molecule has 0 N–H and O–H groups in total. The van der Waals surface area contributed by atoms with Crippen LogP contribution in [0.15, 0.2) is 35.1 Å². The number of nitrogens with zero attached hydrogens (tertiary/aromatic N) is 1. The number of hydrogen-bond acceptors (Lipinski definition) is 4. The molecule has 0 atom stereocenters. The molecule has 20 heavy (non-hydrogen) atoms. The molecular formula is C15H17NO4. The fraction of sp³-hybridized carbons (Fsp3) is 0.333. The fourth-order valence-electron chi connectivity index (χ4n) is 1.96. The maximum absolute atomic E-state index is 11.5. The van der Waals surface area contributed by atoms with Gasteiger partial charge in [-0.1, -0.05) is 0 Å². The maximum Gasteiger partial charge on any atom is 0.305 e. The third-order valence-corrected chi connectivity index (χ3v) is 3.12. The molecule has 0 fully saturated rings. The number of aromatic nitrogens is 1. The van der Waals surface area contributed by atoms with Crippen LogP contribution in [0.5, 0.6) is 5.75 Å². The second-order valence-electron chi connectivity index (χ2n) is 4.48. The van der Waals surface area contributed by atoms with Gasteiger partial charge in [-0.3, -0.25) is 9.59 Å². The van der Waals surface area contributed by atoms with Crippen LogP contribution in [0.1, 0.15) is 12.8 Å². The third-order valence-electron chi connectivity index (χ3n) is 3.12. The van der Waals surface area contributed by atoms with Gasteiger partial charge in [0.05, 0.1) is 19.2 Å². The second kappa shape index (κ2) is 6.23. The Morgan fingerprint density at radius 1 is 1.25 bits per heavy atom. The number of benzene rings is 1. The standard InChI is InChI=1S/C15H17NO4/c1-16-13-7-6-12(10-11(13)5-8-14(16)17)20-9-3-4-15(18)19-2/h5-8,10H,3-4,9H2,1-2H3. The Bertz CT molecular complexity index is 675. The minimum Gasteiger partial charge on any atom is -0.494 e. The summed E-state index contributed by atoms with van der Waals surface area (Å²) in [5.74, 6) is 0.489. The van der Waals surface area contributed by atoms with Crippen LogP contribution in [-0.2, 0) is 16.6 Å². The predicted molar refractivity (Wildman–Crippen MR) is 75.9 cm³/mol. The highest BCUT2D eigenvalue weighted by atomic mass is 16.5. The van der Waals surface area contributed by atoms with Crippen LogP contribution in [0.2, 0.25) is 0 Å². The van der Waals surface area contributed by atoms with Crippen molar-refractivity contribution < 1.29 is 14.3 Å². The Morgan fingerprint density at radius 2 is 2.05 bits per heavy atom. The molecule has 0 saturated heterocycles. The topological polar surface area (TPSA) is 57.5 Å². The van der Waals surface area contributed by atoms with Crippen molar-refractivity contribution in [1.82, 2.24) is 4.57 Å². The number of pyridine rings is 1. The van der Waals surface area contributed by atoms with Gasteiger partial charge in [-0.25, -0.2) is 0 Å². The molecule has 2 aromatic rings. The Morgan fingerprint density at radius 3 is 2.80 bits per heavy atom. The molecule has 0 saturated carbocycles. The van der Waals surface area contributed by atoms with E-state index in [4.69, 9.17) is 4.74 Å². The van der Waals surface area contributed by atoms with Crippen LogP contribution < -0.4 is 10.3 Å². The Kier molecular flexibility index (Phi) is 4.40.